The van der Waals surface area contributed by atoms with Gasteiger partial charge in [0.25, 0.3) is 0 Å². The van der Waals surface area contributed by atoms with Crippen LogP contribution in [0.15, 0.2) is 22.7 Å². The van der Waals surface area contributed by atoms with Crippen LogP contribution in [0.25, 0.3) is 0 Å². The largest absolute Gasteiger partial charge is 0.383 e. The van der Waals surface area contributed by atoms with Gasteiger partial charge >= 0.3 is 0 Å². The molecule has 0 radical (unpaired) electrons. The summed E-state index contributed by atoms with van der Waals surface area (Å²) in [6.07, 6.45) is 2.16. The van der Waals surface area contributed by atoms with Crippen LogP contribution in [0, 0.1) is 0 Å². The van der Waals surface area contributed by atoms with Gasteiger partial charge in [0.05, 0.1) is 12.6 Å². The highest BCUT2D eigenvalue weighted by atomic mass is 79.9. The number of rotatable bonds is 4. The van der Waals surface area contributed by atoms with Crippen molar-refractivity contribution in [3.63, 3.8) is 0 Å². The average molecular weight is 376 g/mol. The van der Waals surface area contributed by atoms with E-state index >= 15 is 0 Å². The molecule has 1 saturated heterocycles. The van der Waals surface area contributed by atoms with Gasteiger partial charge in [0.15, 0.2) is 0 Å². The second kappa shape index (κ2) is 7.58. The minimum atomic E-state index is -0.198. The lowest BCUT2D eigenvalue weighted by Gasteiger charge is -2.34. The highest BCUT2D eigenvalue weighted by molar-refractivity contribution is 9.10. The molecule has 1 amide bonds. The Balaban J connectivity index is 2.38. The van der Waals surface area contributed by atoms with Crippen LogP contribution in [-0.4, -0.2) is 37.1 Å². The molecular formula is C15H20BrClN2O2. The van der Waals surface area contributed by atoms with Gasteiger partial charge < -0.3 is 15.4 Å². The summed E-state index contributed by atoms with van der Waals surface area (Å²) in [5.41, 5.74) is 7.24. The van der Waals surface area contributed by atoms with E-state index in [0.717, 1.165) is 22.9 Å². The van der Waals surface area contributed by atoms with Gasteiger partial charge in [-0.3, -0.25) is 4.79 Å². The molecule has 1 aliphatic rings. The summed E-state index contributed by atoms with van der Waals surface area (Å²) in [5.74, 6) is 0.115. The van der Waals surface area contributed by atoms with Gasteiger partial charge in [-0.15, -0.1) is 0 Å². The number of methoxy groups -OCH3 is 1. The lowest BCUT2D eigenvalue weighted by atomic mass is 9.96. The standard InChI is InChI=1S/C15H20BrClN2O2/c1-21-8-7-19-14(20)4-2-3-13(18)15(19)11-6-5-10(16)9-12(11)17/h5-6,9,13,15H,2-4,7-8,18H2,1H3. The fraction of sp³-hybridized carbons (Fsp3) is 0.533. The van der Waals surface area contributed by atoms with Crippen LogP contribution < -0.4 is 5.73 Å². The smallest absolute Gasteiger partial charge is 0.223 e. The monoisotopic (exact) mass is 374 g/mol. The Morgan fingerprint density at radius 2 is 2.29 bits per heavy atom. The predicted molar refractivity (Wildman–Crippen MR) is 87.3 cm³/mol. The zero-order valence-corrected chi connectivity index (χ0v) is 14.4. The average Bonchev–Trinajstić information content (AvgIpc) is 2.56. The SMILES string of the molecule is COCCN1C(=O)CCCC(N)C1c1ccc(Br)cc1Cl. The van der Waals surface area contributed by atoms with E-state index in [2.05, 4.69) is 15.9 Å². The zero-order chi connectivity index (χ0) is 15.4. The molecule has 0 aromatic heterocycles. The highest BCUT2D eigenvalue weighted by Gasteiger charge is 2.33. The van der Waals surface area contributed by atoms with E-state index in [1.807, 2.05) is 23.1 Å². The summed E-state index contributed by atoms with van der Waals surface area (Å²) in [6.45, 7) is 1.02. The molecule has 2 unspecified atom stereocenters. The number of benzene rings is 1. The van der Waals surface area contributed by atoms with Crippen LogP contribution in [0.1, 0.15) is 30.9 Å². The number of amides is 1. The van der Waals surface area contributed by atoms with Crippen LogP contribution in [0.3, 0.4) is 0 Å². The molecule has 0 spiro atoms. The molecule has 1 aromatic rings. The second-order valence-electron chi connectivity index (χ2n) is 5.25. The van der Waals surface area contributed by atoms with Gasteiger partial charge in [0.1, 0.15) is 0 Å². The first-order valence-electron chi connectivity index (χ1n) is 7.03. The Labute approximate surface area is 138 Å². The number of nitrogens with zero attached hydrogens (tertiary/aromatic N) is 1. The van der Waals surface area contributed by atoms with Crippen molar-refractivity contribution in [1.82, 2.24) is 4.90 Å². The van der Waals surface area contributed by atoms with E-state index in [0.29, 0.717) is 24.6 Å². The Kier molecular flexibility index (Phi) is 6.05. The minimum Gasteiger partial charge on any atom is -0.383 e. The first-order valence-corrected chi connectivity index (χ1v) is 8.20. The van der Waals surface area contributed by atoms with Crippen LogP contribution in [-0.2, 0) is 9.53 Å². The van der Waals surface area contributed by atoms with Gasteiger partial charge in [-0.1, -0.05) is 33.6 Å². The van der Waals surface area contributed by atoms with Crippen molar-refractivity contribution < 1.29 is 9.53 Å². The molecule has 1 heterocycles. The van der Waals surface area contributed by atoms with Crippen molar-refractivity contribution in [2.75, 3.05) is 20.3 Å². The molecule has 2 N–H and O–H groups in total. The second-order valence-corrected chi connectivity index (χ2v) is 6.57. The Morgan fingerprint density at radius 1 is 1.52 bits per heavy atom. The number of carbonyl (C=O) groups excluding carboxylic acids is 1. The fourth-order valence-electron chi connectivity index (χ4n) is 2.77. The van der Waals surface area contributed by atoms with Crippen molar-refractivity contribution in [1.29, 1.82) is 0 Å². The first-order chi connectivity index (χ1) is 10.0. The molecule has 1 fully saturated rings. The number of hydrogen-bond acceptors (Lipinski definition) is 3. The summed E-state index contributed by atoms with van der Waals surface area (Å²) in [4.78, 5) is 14.2. The third-order valence-electron chi connectivity index (χ3n) is 3.81. The Bertz CT molecular complexity index is 512. The topological polar surface area (TPSA) is 55.6 Å². The van der Waals surface area contributed by atoms with Gasteiger partial charge in [-0.05, 0) is 30.5 Å². The molecule has 0 aliphatic carbocycles. The molecule has 0 saturated carbocycles. The maximum absolute atomic E-state index is 12.4. The summed E-state index contributed by atoms with van der Waals surface area (Å²) < 4.78 is 6.04. The van der Waals surface area contributed by atoms with E-state index < -0.39 is 0 Å². The van der Waals surface area contributed by atoms with Crippen molar-refractivity contribution in [3.05, 3.63) is 33.3 Å². The molecule has 6 heteroatoms. The van der Waals surface area contributed by atoms with E-state index in [9.17, 15) is 4.79 Å². The van der Waals surface area contributed by atoms with Crippen molar-refractivity contribution in [2.45, 2.75) is 31.3 Å². The van der Waals surface area contributed by atoms with E-state index in [4.69, 9.17) is 22.1 Å². The maximum atomic E-state index is 12.4. The molecule has 116 valence electrons. The number of hydrogen-bond donors (Lipinski definition) is 1. The zero-order valence-electron chi connectivity index (χ0n) is 12.0. The Morgan fingerprint density at radius 3 is 2.95 bits per heavy atom. The van der Waals surface area contributed by atoms with Crippen molar-refractivity contribution in [2.24, 2.45) is 5.73 Å². The summed E-state index contributed by atoms with van der Waals surface area (Å²) in [7, 11) is 1.63. The molecule has 1 aromatic carbocycles. The third kappa shape index (κ3) is 3.97. The Hall–Kier alpha value is -0.620. The lowest BCUT2D eigenvalue weighted by Crippen LogP contribution is -2.43. The van der Waals surface area contributed by atoms with Gasteiger partial charge in [0, 0.05) is 35.6 Å². The summed E-state index contributed by atoms with van der Waals surface area (Å²) in [6, 6.07) is 5.39. The number of likely N-dealkylation sites (tertiary alicyclic amines) is 1. The quantitative estimate of drug-likeness (QED) is 0.879. The number of nitrogens with two attached hydrogens (primary N) is 1. The first kappa shape index (κ1) is 16.7. The highest BCUT2D eigenvalue weighted by Crippen LogP contribution is 2.35. The van der Waals surface area contributed by atoms with Crippen molar-refractivity contribution >= 4 is 33.4 Å². The molecular weight excluding hydrogens is 356 g/mol. The molecule has 1 aliphatic heterocycles. The number of ether oxygens (including phenoxy) is 1. The minimum absolute atomic E-state index is 0.115. The van der Waals surface area contributed by atoms with E-state index in [1.165, 1.54) is 0 Å². The molecule has 2 rings (SSSR count). The molecule has 21 heavy (non-hydrogen) atoms. The third-order valence-corrected chi connectivity index (χ3v) is 4.63. The maximum Gasteiger partial charge on any atom is 0.223 e. The summed E-state index contributed by atoms with van der Waals surface area (Å²) in [5, 5.41) is 0.627. The predicted octanol–water partition coefficient (Wildman–Crippen LogP) is 3.13. The van der Waals surface area contributed by atoms with E-state index in [-0.39, 0.29) is 18.0 Å². The van der Waals surface area contributed by atoms with Crippen LogP contribution >= 0.6 is 27.5 Å². The summed E-state index contributed by atoms with van der Waals surface area (Å²) >= 11 is 9.78. The fourth-order valence-corrected chi connectivity index (χ4v) is 3.56. The van der Waals surface area contributed by atoms with Crippen molar-refractivity contribution in [3.8, 4) is 0 Å². The normalized spacial score (nSPS) is 23.2. The number of halogens is 2. The van der Waals surface area contributed by atoms with Gasteiger partial charge in [0.2, 0.25) is 5.91 Å². The van der Waals surface area contributed by atoms with E-state index in [1.54, 1.807) is 7.11 Å². The van der Waals surface area contributed by atoms with Gasteiger partial charge in [-0.2, -0.15) is 0 Å². The molecule has 4 nitrogen and oxygen atoms in total. The van der Waals surface area contributed by atoms with Crippen LogP contribution in [0.5, 0.6) is 0 Å². The van der Waals surface area contributed by atoms with Crippen LogP contribution in [0.2, 0.25) is 5.02 Å². The molecule has 2 atom stereocenters. The lowest BCUT2D eigenvalue weighted by molar-refractivity contribution is -0.134. The number of carbonyl (C=O) groups is 1. The van der Waals surface area contributed by atoms with Crippen LogP contribution in [0.4, 0.5) is 0 Å². The molecule has 0 bridgehead atoms. The van der Waals surface area contributed by atoms with Gasteiger partial charge in [-0.25, -0.2) is 0 Å².